The highest BCUT2D eigenvalue weighted by Gasteiger charge is 2.17. The van der Waals surface area contributed by atoms with Gasteiger partial charge in [0.1, 0.15) is 0 Å². The molecule has 0 saturated carbocycles. The fourth-order valence-electron chi connectivity index (χ4n) is 2.43. The van der Waals surface area contributed by atoms with Gasteiger partial charge in [-0.2, -0.15) is 0 Å². The molecule has 4 aromatic rings. The summed E-state index contributed by atoms with van der Waals surface area (Å²) in [5.41, 5.74) is 15.1. The lowest BCUT2D eigenvalue weighted by atomic mass is 10.1. The number of benzene rings is 2. The van der Waals surface area contributed by atoms with Gasteiger partial charge in [0.25, 0.3) is 5.89 Å². The van der Waals surface area contributed by atoms with Crippen molar-refractivity contribution in [2.75, 3.05) is 11.5 Å². The van der Waals surface area contributed by atoms with Crippen LogP contribution in [0.2, 0.25) is 0 Å². The van der Waals surface area contributed by atoms with Gasteiger partial charge >= 0.3 is 0 Å². The van der Waals surface area contributed by atoms with Crippen LogP contribution >= 0.6 is 0 Å². The molecule has 2 aromatic carbocycles. The minimum absolute atomic E-state index is 0. The first-order valence-electron chi connectivity index (χ1n) is 7.59. The number of hydrogen-bond acceptors (Lipinski definition) is 7. The maximum Gasteiger partial charge on any atom is 0.270 e. The number of nitrogens with two attached hydrogens (primary N) is 2. The van der Waals surface area contributed by atoms with Crippen LogP contribution in [0.15, 0.2) is 65.2 Å². The molecule has 0 aliphatic rings. The maximum absolute atomic E-state index is 6.01. The lowest BCUT2D eigenvalue weighted by Crippen LogP contribution is -2.00. The largest absolute Gasteiger partial charge is 0.414 e. The Morgan fingerprint density at radius 3 is 2.36 bits per heavy atom. The molecule has 130 valence electrons. The van der Waals surface area contributed by atoms with E-state index in [1.165, 1.54) is 0 Å². The van der Waals surface area contributed by atoms with Gasteiger partial charge in [-0.15, -0.1) is 10.2 Å². The standard InChI is InChI=1S/C18H14N6O.4H2/c19-13-9-5-4-8-12(13)14-10-21-16(20)15(22-14)18-24-23-17(25-18)11-6-2-1-3-7-11;;;;/h1-10H,19H2,(H2,20,21);4*1H. The van der Waals surface area contributed by atoms with Crippen molar-refractivity contribution in [2.24, 2.45) is 0 Å². The Bertz CT molecular complexity index is 1050. The van der Waals surface area contributed by atoms with Crippen molar-refractivity contribution in [3.63, 3.8) is 0 Å². The predicted molar refractivity (Wildman–Crippen MR) is 103 cm³/mol. The molecule has 4 N–H and O–H groups in total. The first kappa shape index (κ1) is 14.8. The number of nitrogen functional groups attached to an aromatic ring is 2. The van der Waals surface area contributed by atoms with E-state index in [1.54, 1.807) is 12.3 Å². The zero-order valence-electron chi connectivity index (χ0n) is 13.1. The molecule has 2 heterocycles. The minimum atomic E-state index is 0. The Morgan fingerprint density at radius 2 is 1.56 bits per heavy atom. The molecule has 0 atom stereocenters. The third kappa shape index (κ3) is 2.78. The van der Waals surface area contributed by atoms with E-state index in [2.05, 4.69) is 20.2 Å². The highest BCUT2D eigenvalue weighted by Crippen LogP contribution is 2.29. The summed E-state index contributed by atoms with van der Waals surface area (Å²) >= 11 is 0. The average molecular weight is 338 g/mol. The molecule has 7 nitrogen and oxygen atoms in total. The van der Waals surface area contributed by atoms with Crippen LogP contribution in [-0.4, -0.2) is 20.2 Å². The molecule has 0 fully saturated rings. The Hall–Kier alpha value is -3.74. The molecule has 7 heteroatoms. The Morgan fingerprint density at radius 1 is 0.840 bits per heavy atom. The molecule has 0 aliphatic carbocycles. The van der Waals surface area contributed by atoms with E-state index in [9.17, 15) is 0 Å². The number of anilines is 2. The van der Waals surface area contributed by atoms with Crippen molar-refractivity contribution in [2.45, 2.75) is 0 Å². The monoisotopic (exact) mass is 338 g/mol. The molecule has 2 aromatic heterocycles. The van der Waals surface area contributed by atoms with E-state index >= 15 is 0 Å². The fourth-order valence-corrected chi connectivity index (χ4v) is 2.43. The second-order valence-electron chi connectivity index (χ2n) is 5.35. The molecule has 0 radical (unpaired) electrons. The first-order valence-corrected chi connectivity index (χ1v) is 7.59. The first-order chi connectivity index (χ1) is 12.2. The van der Waals surface area contributed by atoms with Gasteiger partial charge in [-0.05, 0) is 18.2 Å². The third-order valence-electron chi connectivity index (χ3n) is 3.69. The topological polar surface area (TPSA) is 117 Å². The van der Waals surface area contributed by atoms with Crippen LogP contribution in [0.5, 0.6) is 0 Å². The minimum Gasteiger partial charge on any atom is -0.414 e. The lowest BCUT2D eigenvalue weighted by Gasteiger charge is -2.06. The van der Waals surface area contributed by atoms with E-state index in [1.807, 2.05) is 48.5 Å². The number of rotatable bonds is 3. The summed E-state index contributed by atoms with van der Waals surface area (Å²) in [5.74, 6) is 0.808. The van der Waals surface area contributed by atoms with Gasteiger partial charge in [-0.25, -0.2) is 9.97 Å². The smallest absolute Gasteiger partial charge is 0.270 e. The third-order valence-corrected chi connectivity index (χ3v) is 3.69. The second-order valence-corrected chi connectivity index (χ2v) is 5.35. The van der Waals surface area contributed by atoms with Gasteiger partial charge in [0.2, 0.25) is 5.89 Å². The van der Waals surface area contributed by atoms with Crippen LogP contribution < -0.4 is 11.5 Å². The van der Waals surface area contributed by atoms with E-state index in [0.29, 0.717) is 23.0 Å². The van der Waals surface area contributed by atoms with Crippen LogP contribution in [0.4, 0.5) is 11.5 Å². The highest BCUT2D eigenvalue weighted by molar-refractivity contribution is 5.76. The molecular formula is C18H22N6O. The normalized spacial score (nSPS) is 10.7. The van der Waals surface area contributed by atoms with Crippen molar-refractivity contribution in [1.82, 2.24) is 20.2 Å². The summed E-state index contributed by atoms with van der Waals surface area (Å²) in [5, 5.41) is 8.11. The number of para-hydroxylation sites is 1. The quantitative estimate of drug-likeness (QED) is 0.542. The molecule has 4 rings (SSSR count). The molecule has 0 spiro atoms. The summed E-state index contributed by atoms with van der Waals surface area (Å²) in [7, 11) is 0. The van der Waals surface area contributed by atoms with E-state index in [-0.39, 0.29) is 17.4 Å². The predicted octanol–water partition coefficient (Wildman–Crippen LogP) is 4.01. The van der Waals surface area contributed by atoms with Crippen LogP contribution in [0.3, 0.4) is 0 Å². The summed E-state index contributed by atoms with van der Waals surface area (Å²) in [4.78, 5) is 8.70. The van der Waals surface area contributed by atoms with Crippen molar-refractivity contribution >= 4 is 11.5 Å². The Kier molecular flexibility index (Phi) is 3.59. The zero-order chi connectivity index (χ0) is 17.2. The van der Waals surface area contributed by atoms with Crippen LogP contribution in [0.25, 0.3) is 34.3 Å². The summed E-state index contributed by atoms with van der Waals surface area (Å²) in [6.07, 6.45) is 1.57. The summed E-state index contributed by atoms with van der Waals surface area (Å²) in [6.45, 7) is 0. The summed E-state index contributed by atoms with van der Waals surface area (Å²) < 4.78 is 5.72. The van der Waals surface area contributed by atoms with E-state index < -0.39 is 0 Å². The SMILES string of the molecule is Nc1ccccc1-c1cnc(N)c(-c2nnc(-c3ccccc3)o2)n1.[HH].[HH].[HH].[HH]. The van der Waals surface area contributed by atoms with Crippen LogP contribution in [0.1, 0.15) is 5.71 Å². The maximum atomic E-state index is 6.01. The van der Waals surface area contributed by atoms with E-state index in [0.717, 1.165) is 11.1 Å². The van der Waals surface area contributed by atoms with E-state index in [4.69, 9.17) is 15.9 Å². The van der Waals surface area contributed by atoms with Crippen molar-refractivity contribution in [3.05, 3.63) is 60.8 Å². The van der Waals surface area contributed by atoms with Gasteiger partial charge in [-0.1, -0.05) is 36.4 Å². The van der Waals surface area contributed by atoms with Gasteiger partial charge in [-0.3, -0.25) is 0 Å². The molecule has 0 unspecified atom stereocenters. The Labute approximate surface area is 149 Å². The van der Waals surface area contributed by atoms with Crippen molar-refractivity contribution < 1.29 is 10.1 Å². The van der Waals surface area contributed by atoms with Crippen molar-refractivity contribution in [3.8, 4) is 34.3 Å². The van der Waals surface area contributed by atoms with Crippen LogP contribution in [0, 0.1) is 0 Å². The molecule has 0 saturated heterocycles. The lowest BCUT2D eigenvalue weighted by molar-refractivity contribution is 0.582. The molecular weight excluding hydrogens is 316 g/mol. The molecule has 25 heavy (non-hydrogen) atoms. The zero-order valence-corrected chi connectivity index (χ0v) is 13.1. The number of nitrogens with zero attached hydrogens (tertiary/aromatic N) is 4. The van der Waals surface area contributed by atoms with Crippen LogP contribution in [-0.2, 0) is 0 Å². The second kappa shape index (κ2) is 6.04. The fraction of sp³-hybridized carbons (Fsp3) is 0. The van der Waals surface area contributed by atoms with Crippen molar-refractivity contribution in [1.29, 1.82) is 0 Å². The number of aromatic nitrogens is 4. The average Bonchev–Trinajstić information content (AvgIpc) is 3.13. The van der Waals surface area contributed by atoms with Gasteiger partial charge < -0.3 is 15.9 Å². The van der Waals surface area contributed by atoms with Gasteiger partial charge in [0.05, 0.1) is 11.9 Å². The number of hydrogen-bond donors (Lipinski definition) is 2. The molecule has 0 bridgehead atoms. The summed E-state index contributed by atoms with van der Waals surface area (Å²) in [6, 6.07) is 16.9. The Balaban J connectivity index is 0.00000196. The van der Waals surface area contributed by atoms with Gasteiger partial charge in [0, 0.05) is 22.5 Å². The van der Waals surface area contributed by atoms with Gasteiger partial charge in [0.15, 0.2) is 11.5 Å². The molecule has 0 amide bonds. The molecule has 0 aliphatic heterocycles. The highest BCUT2D eigenvalue weighted by atomic mass is 16.4.